The second-order valence-electron chi connectivity index (χ2n) is 3.85. The van der Waals surface area contributed by atoms with Gasteiger partial charge < -0.3 is 10.1 Å². The molecule has 2 rings (SSSR count). The molecule has 1 heterocycles. The van der Waals surface area contributed by atoms with Gasteiger partial charge in [-0.25, -0.2) is 4.98 Å². The Labute approximate surface area is 129 Å². The normalized spacial score (nSPS) is 10.2. The fourth-order valence-electron chi connectivity index (χ4n) is 1.47. The maximum Gasteiger partial charge on any atom is 0.305 e. The first-order valence-electron chi connectivity index (χ1n) is 5.71. The Morgan fingerprint density at radius 2 is 2.16 bits per heavy atom. The molecule has 0 atom stereocenters. The molecule has 1 aromatic carbocycles. The zero-order valence-electron chi connectivity index (χ0n) is 10.4. The van der Waals surface area contributed by atoms with Crippen LogP contribution in [0.5, 0.6) is 0 Å². The summed E-state index contributed by atoms with van der Waals surface area (Å²) in [5.74, 6) is -0.208. The molecular formula is C13H13IN2O2S. The zero-order chi connectivity index (χ0) is 13.7. The molecule has 0 bridgehead atoms. The van der Waals surface area contributed by atoms with E-state index in [0.717, 1.165) is 16.5 Å². The van der Waals surface area contributed by atoms with Gasteiger partial charge in [-0.05, 0) is 46.9 Å². The first-order chi connectivity index (χ1) is 9.17. The molecule has 0 fully saturated rings. The van der Waals surface area contributed by atoms with Crippen molar-refractivity contribution in [3.05, 3.63) is 38.9 Å². The number of nitrogens with one attached hydrogen (secondary N) is 1. The number of rotatable bonds is 5. The molecule has 0 spiro atoms. The van der Waals surface area contributed by atoms with Crippen LogP contribution in [0.2, 0.25) is 0 Å². The number of esters is 1. The third kappa shape index (κ3) is 4.46. The van der Waals surface area contributed by atoms with Crippen molar-refractivity contribution < 1.29 is 9.53 Å². The number of anilines is 2. The van der Waals surface area contributed by atoms with Crippen LogP contribution in [0, 0.1) is 3.57 Å². The maximum atomic E-state index is 11.1. The highest BCUT2D eigenvalue weighted by Crippen LogP contribution is 2.22. The third-order valence-corrected chi connectivity index (χ3v) is 3.99. The molecule has 0 unspecified atom stereocenters. The molecule has 100 valence electrons. The summed E-state index contributed by atoms with van der Waals surface area (Å²) in [6.07, 6.45) is 0.973. The van der Waals surface area contributed by atoms with Crippen molar-refractivity contribution in [2.45, 2.75) is 12.8 Å². The summed E-state index contributed by atoms with van der Waals surface area (Å²) >= 11 is 3.80. The van der Waals surface area contributed by atoms with Crippen molar-refractivity contribution >= 4 is 50.7 Å². The smallest absolute Gasteiger partial charge is 0.305 e. The van der Waals surface area contributed by atoms with Gasteiger partial charge >= 0.3 is 5.97 Å². The standard InChI is InChI=1S/C13H13IN2O2S/c1-18-12(17)7-6-11-8-19-13(16-11)15-10-4-2-9(14)3-5-10/h2-5,8H,6-7H2,1H3,(H,15,16). The molecule has 2 aromatic rings. The lowest BCUT2D eigenvalue weighted by Crippen LogP contribution is -2.02. The van der Waals surface area contributed by atoms with E-state index in [1.54, 1.807) is 0 Å². The van der Waals surface area contributed by atoms with Crippen molar-refractivity contribution in [3.8, 4) is 0 Å². The summed E-state index contributed by atoms with van der Waals surface area (Å²) in [7, 11) is 1.40. The Balaban J connectivity index is 1.93. The lowest BCUT2D eigenvalue weighted by atomic mass is 10.2. The fraction of sp³-hybridized carbons (Fsp3) is 0.231. The summed E-state index contributed by atoms with van der Waals surface area (Å²) < 4.78 is 5.80. The van der Waals surface area contributed by atoms with E-state index in [1.807, 2.05) is 29.6 Å². The van der Waals surface area contributed by atoms with E-state index in [4.69, 9.17) is 0 Å². The number of hydrogen-bond acceptors (Lipinski definition) is 5. The van der Waals surface area contributed by atoms with Crippen molar-refractivity contribution in [2.75, 3.05) is 12.4 Å². The largest absolute Gasteiger partial charge is 0.469 e. The van der Waals surface area contributed by atoms with Crippen molar-refractivity contribution in [1.82, 2.24) is 4.98 Å². The number of carbonyl (C=O) groups is 1. The molecule has 0 saturated carbocycles. The molecule has 0 saturated heterocycles. The van der Waals surface area contributed by atoms with Crippen LogP contribution >= 0.6 is 33.9 Å². The van der Waals surface area contributed by atoms with Gasteiger partial charge in [0.2, 0.25) is 0 Å². The van der Waals surface area contributed by atoms with E-state index in [-0.39, 0.29) is 5.97 Å². The highest BCUT2D eigenvalue weighted by Gasteiger charge is 2.06. The Morgan fingerprint density at radius 1 is 1.42 bits per heavy atom. The van der Waals surface area contributed by atoms with Crippen LogP contribution in [0.3, 0.4) is 0 Å². The minimum absolute atomic E-state index is 0.208. The van der Waals surface area contributed by atoms with Gasteiger partial charge in [0.05, 0.1) is 19.2 Å². The molecule has 0 aliphatic carbocycles. The lowest BCUT2D eigenvalue weighted by molar-refractivity contribution is -0.140. The number of thiazole rings is 1. The lowest BCUT2D eigenvalue weighted by Gasteiger charge is -2.01. The van der Waals surface area contributed by atoms with Gasteiger partial charge in [0.15, 0.2) is 5.13 Å². The minimum Gasteiger partial charge on any atom is -0.469 e. The number of aromatic nitrogens is 1. The average molecular weight is 388 g/mol. The Hall–Kier alpha value is -1.15. The van der Waals surface area contributed by atoms with Gasteiger partial charge in [-0.3, -0.25) is 4.79 Å². The molecule has 0 aliphatic heterocycles. The van der Waals surface area contributed by atoms with Gasteiger partial charge in [-0.2, -0.15) is 0 Å². The Kier molecular flexibility index (Phi) is 5.15. The van der Waals surface area contributed by atoms with Gasteiger partial charge in [-0.15, -0.1) is 11.3 Å². The van der Waals surface area contributed by atoms with Crippen molar-refractivity contribution in [2.24, 2.45) is 0 Å². The van der Waals surface area contributed by atoms with E-state index in [1.165, 1.54) is 22.0 Å². The van der Waals surface area contributed by atoms with E-state index in [2.05, 4.69) is 37.6 Å². The topological polar surface area (TPSA) is 51.2 Å². The predicted molar refractivity (Wildman–Crippen MR) is 84.9 cm³/mol. The second-order valence-corrected chi connectivity index (χ2v) is 5.96. The number of ether oxygens (including phenoxy) is 1. The number of carbonyl (C=O) groups excluding carboxylic acids is 1. The van der Waals surface area contributed by atoms with Crippen LogP contribution in [-0.2, 0) is 16.0 Å². The number of benzene rings is 1. The van der Waals surface area contributed by atoms with Crippen LogP contribution in [0.25, 0.3) is 0 Å². The molecule has 19 heavy (non-hydrogen) atoms. The molecule has 4 nitrogen and oxygen atoms in total. The molecular weight excluding hydrogens is 375 g/mol. The number of hydrogen-bond donors (Lipinski definition) is 1. The first-order valence-corrected chi connectivity index (χ1v) is 7.67. The van der Waals surface area contributed by atoms with Crippen LogP contribution in [0.15, 0.2) is 29.6 Å². The summed E-state index contributed by atoms with van der Waals surface area (Å²) in [6.45, 7) is 0. The molecule has 0 amide bonds. The number of methoxy groups -OCH3 is 1. The number of nitrogens with zero attached hydrogens (tertiary/aromatic N) is 1. The van der Waals surface area contributed by atoms with E-state index in [0.29, 0.717) is 12.8 Å². The molecule has 1 N–H and O–H groups in total. The highest BCUT2D eigenvalue weighted by molar-refractivity contribution is 14.1. The van der Waals surface area contributed by atoms with Gasteiger partial charge in [0.25, 0.3) is 0 Å². The second kappa shape index (κ2) is 6.85. The van der Waals surface area contributed by atoms with Gasteiger partial charge in [0.1, 0.15) is 0 Å². The van der Waals surface area contributed by atoms with Crippen LogP contribution in [0.4, 0.5) is 10.8 Å². The number of halogens is 1. The molecule has 0 radical (unpaired) electrons. The molecule has 6 heteroatoms. The monoisotopic (exact) mass is 388 g/mol. The van der Waals surface area contributed by atoms with Crippen LogP contribution in [0.1, 0.15) is 12.1 Å². The SMILES string of the molecule is COC(=O)CCc1csc(Nc2ccc(I)cc2)n1. The zero-order valence-corrected chi connectivity index (χ0v) is 13.3. The van der Waals surface area contributed by atoms with E-state index >= 15 is 0 Å². The molecule has 1 aromatic heterocycles. The Bertz CT molecular complexity index is 554. The summed E-state index contributed by atoms with van der Waals surface area (Å²) in [6, 6.07) is 8.10. The fourth-order valence-corrected chi connectivity index (χ4v) is 2.59. The minimum atomic E-state index is -0.208. The van der Waals surface area contributed by atoms with Crippen molar-refractivity contribution in [1.29, 1.82) is 0 Å². The summed E-state index contributed by atoms with van der Waals surface area (Å²) in [5, 5.41) is 6.03. The van der Waals surface area contributed by atoms with Gasteiger partial charge in [-0.1, -0.05) is 0 Å². The van der Waals surface area contributed by atoms with Crippen molar-refractivity contribution in [3.63, 3.8) is 0 Å². The van der Waals surface area contributed by atoms with E-state index < -0.39 is 0 Å². The molecule has 0 aliphatic rings. The number of aryl methyl sites for hydroxylation is 1. The van der Waals surface area contributed by atoms with Crippen LogP contribution < -0.4 is 5.32 Å². The Morgan fingerprint density at radius 3 is 2.84 bits per heavy atom. The first kappa shape index (κ1) is 14.3. The van der Waals surface area contributed by atoms with Gasteiger partial charge in [0, 0.05) is 21.1 Å². The third-order valence-electron chi connectivity index (χ3n) is 2.46. The predicted octanol–water partition coefficient (Wildman–Crippen LogP) is 3.60. The van der Waals surface area contributed by atoms with Crippen LogP contribution in [-0.4, -0.2) is 18.1 Å². The highest BCUT2D eigenvalue weighted by atomic mass is 127. The quantitative estimate of drug-likeness (QED) is 0.628. The van der Waals surface area contributed by atoms with E-state index in [9.17, 15) is 4.79 Å². The summed E-state index contributed by atoms with van der Waals surface area (Å²) in [5.41, 5.74) is 1.91. The average Bonchev–Trinajstić information content (AvgIpc) is 2.86. The summed E-state index contributed by atoms with van der Waals surface area (Å²) in [4.78, 5) is 15.5. The maximum absolute atomic E-state index is 11.1.